The molecule has 0 aliphatic heterocycles. The summed E-state index contributed by atoms with van der Waals surface area (Å²) in [5, 5.41) is 3.10. The van der Waals surface area contributed by atoms with Gasteiger partial charge in [-0.1, -0.05) is 50.9 Å². The normalized spacial score (nSPS) is 12.5. The average molecular weight is 419 g/mol. The summed E-state index contributed by atoms with van der Waals surface area (Å²) in [6.07, 6.45) is 1.92. The van der Waals surface area contributed by atoms with Crippen LogP contribution in [0.2, 0.25) is 10.0 Å². The maximum Gasteiger partial charge on any atom is 0.153 e. The molecule has 128 valence electrons. The second-order valence-electron chi connectivity index (χ2n) is 4.67. The highest BCUT2D eigenvalue weighted by atomic mass is 35.5. The smallest absolute Gasteiger partial charge is 0.153 e. The fourth-order valence-electron chi connectivity index (χ4n) is 1.76. The molecule has 0 aliphatic carbocycles. The molecule has 0 fully saturated rings. The van der Waals surface area contributed by atoms with E-state index in [1.54, 1.807) is 34.8 Å². The first kappa shape index (κ1) is 19.9. The van der Waals surface area contributed by atoms with E-state index in [0.29, 0.717) is 15.8 Å². The van der Waals surface area contributed by atoms with E-state index in [2.05, 4.69) is 0 Å². The number of rotatable bonds is 8. The Kier molecular flexibility index (Phi) is 8.73. The van der Waals surface area contributed by atoms with Crippen LogP contribution in [0.3, 0.4) is 0 Å². The van der Waals surface area contributed by atoms with Crippen molar-refractivity contribution in [2.75, 3.05) is 12.9 Å². The second-order valence-corrected chi connectivity index (χ2v) is 9.25. The van der Waals surface area contributed by atoms with Gasteiger partial charge in [0.2, 0.25) is 0 Å². The molecule has 2 aromatic rings. The van der Waals surface area contributed by atoms with Crippen LogP contribution in [-0.2, 0) is 16.9 Å². The summed E-state index contributed by atoms with van der Waals surface area (Å²) in [5.74, 6) is 2.08. The molecule has 24 heavy (non-hydrogen) atoms. The number of methoxy groups -OCH3 is 1. The number of ether oxygens (including phenoxy) is 1. The zero-order chi connectivity index (χ0) is 17.4. The Morgan fingerprint density at radius 3 is 2.54 bits per heavy atom. The summed E-state index contributed by atoms with van der Waals surface area (Å²) in [7, 11) is 4.91. The Morgan fingerprint density at radius 1 is 1.12 bits per heavy atom. The molecule has 0 heterocycles. The highest BCUT2D eigenvalue weighted by Crippen LogP contribution is 2.30. The lowest BCUT2D eigenvalue weighted by molar-refractivity contribution is 0.414. The van der Waals surface area contributed by atoms with Gasteiger partial charge in [-0.05, 0) is 64.6 Å². The standard InChI is InChI=1S/C17H16Cl2O2S3/c1-21-14-4-6-15(7-5-14)24(20)10-2-9-22-23-12-13-3-8-16(18)17(19)11-13/h2-9,11H,10,12H2,1H3. The Morgan fingerprint density at radius 2 is 1.88 bits per heavy atom. The molecule has 0 aromatic heterocycles. The molecular formula is C17H16Cl2O2S3. The van der Waals surface area contributed by atoms with Gasteiger partial charge in [0.15, 0.2) is 4.90 Å². The fraction of sp³-hybridized carbons (Fsp3) is 0.176. The Bertz CT molecular complexity index is 678. The van der Waals surface area contributed by atoms with Crippen LogP contribution < -0.4 is 4.74 Å². The van der Waals surface area contributed by atoms with Crippen molar-refractivity contribution in [3.05, 3.63) is 69.6 Å². The summed E-state index contributed by atoms with van der Waals surface area (Å²) < 4.78 is 17.2. The van der Waals surface area contributed by atoms with Gasteiger partial charge in [-0.3, -0.25) is 0 Å². The first-order chi connectivity index (χ1) is 11.6. The third-order valence-corrected chi connectivity index (χ3v) is 7.02. The van der Waals surface area contributed by atoms with Crippen molar-refractivity contribution < 1.29 is 9.29 Å². The van der Waals surface area contributed by atoms with E-state index in [4.69, 9.17) is 27.9 Å². The van der Waals surface area contributed by atoms with Crippen LogP contribution in [0, 0.1) is 0 Å². The molecule has 0 radical (unpaired) electrons. The van der Waals surface area contributed by atoms with Crippen molar-refractivity contribution >= 4 is 56.0 Å². The van der Waals surface area contributed by atoms with Crippen LogP contribution in [0.5, 0.6) is 5.75 Å². The van der Waals surface area contributed by atoms with Gasteiger partial charge >= 0.3 is 0 Å². The molecule has 0 bridgehead atoms. The maximum atomic E-state index is 12.1. The quantitative estimate of drug-likeness (QED) is 0.290. The topological polar surface area (TPSA) is 32.3 Å². The number of hydrogen-bond donors (Lipinski definition) is 0. The third-order valence-electron chi connectivity index (χ3n) is 3.00. The molecule has 0 spiro atoms. The van der Waals surface area contributed by atoms with Crippen LogP contribution in [0.1, 0.15) is 5.56 Å². The molecular weight excluding hydrogens is 403 g/mol. The molecule has 1 unspecified atom stereocenters. The van der Waals surface area contributed by atoms with Gasteiger partial charge in [-0.15, -0.1) is 0 Å². The van der Waals surface area contributed by atoms with Crippen molar-refractivity contribution in [3.63, 3.8) is 0 Å². The predicted octanol–water partition coefficient (Wildman–Crippen LogP) is 6.20. The minimum atomic E-state index is -1.04. The van der Waals surface area contributed by atoms with E-state index < -0.39 is 11.2 Å². The van der Waals surface area contributed by atoms with Gasteiger partial charge in [0.1, 0.15) is 11.5 Å². The Balaban J connectivity index is 1.70. The van der Waals surface area contributed by atoms with E-state index in [1.807, 2.05) is 47.9 Å². The third kappa shape index (κ3) is 6.47. The summed E-state index contributed by atoms with van der Waals surface area (Å²) in [6, 6.07) is 12.9. The number of hydrogen-bond acceptors (Lipinski definition) is 4. The molecule has 1 atom stereocenters. The van der Waals surface area contributed by atoms with E-state index in [0.717, 1.165) is 22.0 Å². The van der Waals surface area contributed by atoms with Crippen molar-refractivity contribution in [3.8, 4) is 5.75 Å². The van der Waals surface area contributed by atoms with Crippen molar-refractivity contribution in [1.82, 2.24) is 0 Å². The lowest BCUT2D eigenvalue weighted by Crippen LogP contribution is -2.04. The van der Waals surface area contributed by atoms with Gasteiger partial charge in [-0.2, -0.15) is 0 Å². The Labute approximate surface area is 163 Å². The fourth-order valence-corrected chi connectivity index (χ4v) is 4.83. The summed E-state index contributed by atoms with van der Waals surface area (Å²) >= 11 is 10.8. The molecule has 7 heteroatoms. The minimum absolute atomic E-state index is 0.493. The van der Waals surface area contributed by atoms with Gasteiger partial charge in [-0.25, -0.2) is 0 Å². The van der Waals surface area contributed by atoms with Crippen LogP contribution >= 0.6 is 44.8 Å². The predicted molar refractivity (Wildman–Crippen MR) is 109 cm³/mol. The number of halogens is 2. The molecule has 0 amide bonds. The summed E-state index contributed by atoms with van der Waals surface area (Å²) in [4.78, 5) is 0.800. The SMILES string of the molecule is COc1ccc([S+]([O-])CC=CSSCc2ccc(Cl)c(Cl)c2)cc1. The monoisotopic (exact) mass is 418 g/mol. The van der Waals surface area contributed by atoms with E-state index in [-0.39, 0.29) is 0 Å². The molecule has 0 aliphatic rings. The minimum Gasteiger partial charge on any atom is -0.611 e. The Hall–Kier alpha value is -0.430. The molecule has 2 nitrogen and oxygen atoms in total. The lowest BCUT2D eigenvalue weighted by Gasteiger charge is -2.08. The maximum absolute atomic E-state index is 12.1. The van der Waals surface area contributed by atoms with E-state index in [1.165, 1.54) is 0 Å². The van der Waals surface area contributed by atoms with Crippen LogP contribution in [0.25, 0.3) is 0 Å². The largest absolute Gasteiger partial charge is 0.611 e. The van der Waals surface area contributed by atoms with Gasteiger partial charge in [0.25, 0.3) is 0 Å². The van der Waals surface area contributed by atoms with Crippen molar-refractivity contribution in [1.29, 1.82) is 0 Å². The lowest BCUT2D eigenvalue weighted by atomic mass is 10.2. The van der Waals surface area contributed by atoms with Crippen LogP contribution in [-0.4, -0.2) is 17.4 Å². The van der Waals surface area contributed by atoms with Crippen LogP contribution in [0.15, 0.2) is 58.8 Å². The highest BCUT2D eigenvalue weighted by molar-refractivity contribution is 8.77. The molecule has 2 rings (SSSR count). The average Bonchev–Trinajstić information content (AvgIpc) is 2.60. The molecule has 0 N–H and O–H groups in total. The van der Waals surface area contributed by atoms with Gasteiger partial charge in [0.05, 0.1) is 17.2 Å². The van der Waals surface area contributed by atoms with Crippen molar-refractivity contribution in [2.24, 2.45) is 0 Å². The van der Waals surface area contributed by atoms with Gasteiger partial charge < -0.3 is 9.29 Å². The zero-order valence-corrected chi connectivity index (χ0v) is 16.9. The first-order valence-electron chi connectivity index (χ1n) is 7.00. The molecule has 0 saturated heterocycles. The molecule has 2 aromatic carbocycles. The van der Waals surface area contributed by atoms with Crippen LogP contribution in [0.4, 0.5) is 0 Å². The summed E-state index contributed by atoms with van der Waals surface area (Å²) in [5.41, 5.74) is 1.12. The highest BCUT2D eigenvalue weighted by Gasteiger charge is 2.08. The van der Waals surface area contributed by atoms with Gasteiger partial charge in [0, 0.05) is 5.75 Å². The summed E-state index contributed by atoms with van der Waals surface area (Å²) in [6.45, 7) is 0. The van der Waals surface area contributed by atoms with Crippen molar-refractivity contribution in [2.45, 2.75) is 10.6 Å². The number of benzene rings is 2. The van der Waals surface area contributed by atoms with E-state index >= 15 is 0 Å². The first-order valence-corrected chi connectivity index (χ1v) is 11.5. The van der Waals surface area contributed by atoms with E-state index in [9.17, 15) is 4.55 Å². The molecule has 0 saturated carbocycles. The zero-order valence-electron chi connectivity index (χ0n) is 12.9. The second kappa shape index (κ2) is 10.5.